The van der Waals surface area contributed by atoms with E-state index < -0.39 is 11.2 Å². The lowest BCUT2D eigenvalue weighted by atomic mass is 9.80. The molecule has 2 aliphatic rings. The minimum absolute atomic E-state index is 0.106. The summed E-state index contributed by atoms with van der Waals surface area (Å²) >= 11 is 0. The predicted molar refractivity (Wildman–Crippen MR) is 67.1 cm³/mol. The van der Waals surface area contributed by atoms with Crippen LogP contribution in [0.4, 0.5) is 0 Å². The second-order valence-electron chi connectivity index (χ2n) is 5.34. The van der Waals surface area contributed by atoms with E-state index in [9.17, 15) is 4.79 Å². The number of ether oxygens (including phenoxy) is 3. The van der Waals surface area contributed by atoms with Gasteiger partial charge in [0.25, 0.3) is 0 Å². The van der Waals surface area contributed by atoms with Gasteiger partial charge < -0.3 is 14.2 Å². The molecular weight excluding hydrogens is 232 g/mol. The van der Waals surface area contributed by atoms with Crippen molar-refractivity contribution in [3.05, 3.63) is 0 Å². The van der Waals surface area contributed by atoms with Gasteiger partial charge in [0.2, 0.25) is 0 Å². The highest BCUT2D eigenvalue weighted by atomic mass is 16.7. The fourth-order valence-electron chi connectivity index (χ4n) is 3.21. The summed E-state index contributed by atoms with van der Waals surface area (Å²) in [4.78, 5) is 12.3. The maximum Gasteiger partial charge on any atom is 0.317 e. The first-order valence-electron chi connectivity index (χ1n) is 7.09. The van der Waals surface area contributed by atoms with Gasteiger partial charge in [-0.25, -0.2) is 0 Å². The van der Waals surface area contributed by atoms with Crippen molar-refractivity contribution in [2.75, 3.05) is 13.2 Å². The predicted octanol–water partition coefficient (Wildman–Crippen LogP) is 2.65. The first-order chi connectivity index (χ1) is 8.60. The molecule has 1 saturated carbocycles. The summed E-state index contributed by atoms with van der Waals surface area (Å²) in [7, 11) is 0. The van der Waals surface area contributed by atoms with Crippen LogP contribution >= 0.6 is 0 Å². The van der Waals surface area contributed by atoms with Crippen molar-refractivity contribution in [1.82, 2.24) is 0 Å². The highest BCUT2D eigenvalue weighted by Crippen LogP contribution is 2.57. The lowest BCUT2D eigenvalue weighted by Gasteiger charge is -2.38. The highest BCUT2D eigenvalue weighted by Gasteiger charge is 2.66. The van der Waals surface area contributed by atoms with Gasteiger partial charge in [0.1, 0.15) is 5.41 Å². The van der Waals surface area contributed by atoms with E-state index in [1.807, 2.05) is 13.8 Å². The minimum Gasteiger partial charge on any atom is -0.465 e. The zero-order valence-corrected chi connectivity index (χ0v) is 11.7. The Morgan fingerprint density at radius 1 is 1.33 bits per heavy atom. The molecule has 4 heteroatoms. The van der Waals surface area contributed by atoms with Gasteiger partial charge >= 0.3 is 5.97 Å². The standard InChI is InChI=1S/C14H24O4/c1-4-11(3)18-14-8-6-7-13(14,9-10-17-14)12(15)16-5-2/h11H,4-10H2,1-3H3. The summed E-state index contributed by atoms with van der Waals surface area (Å²) in [6, 6.07) is 0. The molecule has 2 rings (SSSR count). The third-order valence-corrected chi connectivity index (χ3v) is 4.34. The Morgan fingerprint density at radius 3 is 2.78 bits per heavy atom. The van der Waals surface area contributed by atoms with Crippen molar-refractivity contribution >= 4 is 5.97 Å². The van der Waals surface area contributed by atoms with Crippen molar-refractivity contribution < 1.29 is 19.0 Å². The molecule has 0 N–H and O–H groups in total. The molecule has 104 valence electrons. The fraction of sp³-hybridized carbons (Fsp3) is 0.929. The van der Waals surface area contributed by atoms with Crippen LogP contribution < -0.4 is 0 Å². The third-order valence-electron chi connectivity index (χ3n) is 4.34. The fourth-order valence-corrected chi connectivity index (χ4v) is 3.21. The van der Waals surface area contributed by atoms with Crippen molar-refractivity contribution in [3.8, 4) is 0 Å². The summed E-state index contributed by atoms with van der Waals surface area (Å²) in [5.74, 6) is -0.863. The van der Waals surface area contributed by atoms with Gasteiger partial charge in [0.05, 0.1) is 19.3 Å². The van der Waals surface area contributed by atoms with Crippen LogP contribution in [-0.4, -0.2) is 31.1 Å². The van der Waals surface area contributed by atoms with E-state index in [0.717, 1.165) is 32.1 Å². The van der Waals surface area contributed by atoms with Crippen LogP contribution in [0.15, 0.2) is 0 Å². The molecule has 0 spiro atoms. The van der Waals surface area contributed by atoms with Crippen LogP contribution in [0, 0.1) is 5.41 Å². The molecule has 0 aromatic rings. The van der Waals surface area contributed by atoms with Crippen LogP contribution in [0.1, 0.15) is 52.9 Å². The molecule has 0 bridgehead atoms. The largest absolute Gasteiger partial charge is 0.465 e. The van der Waals surface area contributed by atoms with Crippen LogP contribution in [0.5, 0.6) is 0 Å². The smallest absolute Gasteiger partial charge is 0.317 e. The van der Waals surface area contributed by atoms with E-state index in [4.69, 9.17) is 14.2 Å². The van der Waals surface area contributed by atoms with Gasteiger partial charge in [-0.2, -0.15) is 0 Å². The molecule has 1 saturated heterocycles. The van der Waals surface area contributed by atoms with Crippen LogP contribution in [-0.2, 0) is 19.0 Å². The highest BCUT2D eigenvalue weighted by molar-refractivity contribution is 5.79. The Bertz CT molecular complexity index is 303. The van der Waals surface area contributed by atoms with E-state index in [0.29, 0.717) is 13.2 Å². The number of hydrogen-bond acceptors (Lipinski definition) is 4. The van der Waals surface area contributed by atoms with Gasteiger partial charge in [-0.1, -0.05) is 6.92 Å². The molecule has 3 unspecified atom stereocenters. The van der Waals surface area contributed by atoms with Gasteiger partial charge in [0, 0.05) is 6.42 Å². The summed E-state index contributed by atoms with van der Waals surface area (Å²) in [5, 5.41) is 0. The second kappa shape index (κ2) is 5.17. The molecule has 18 heavy (non-hydrogen) atoms. The lowest BCUT2D eigenvalue weighted by molar-refractivity contribution is -0.267. The molecule has 1 heterocycles. The van der Waals surface area contributed by atoms with Gasteiger partial charge in [-0.05, 0) is 39.5 Å². The quantitative estimate of drug-likeness (QED) is 0.709. The van der Waals surface area contributed by atoms with Crippen molar-refractivity contribution in [3.63, 3.8) is 0 Å². The average Bonchev–Trinajstić information content (AvgIpc) is 2.84. The molecular formula is C14H24O4. The lowest BCUT2D eigenvalue weighted by Crippen LogP contribution is -2.50. The van der Waals surface area contributed by atoms with Gasteiger partial charge in [-0.15, -0.1) is 0 Å². The number of hydrogen-bond donors (Lipinski definition) is 0. The minimum atomic E-state index is -0.728. The number of carbonyl (C=O) groups is 1. The van der Waals surface area contributed by atoms with E-state index in [1.54, 1.807) is 0 Å². The normalized spacial score (nSPS) is 36.4. The second-order valence-corrected chi connectivity index (χ2v) is 5.34. The number of carbonyl (C=O) groups excluding carboxylic acids is 1. The monoisotopic (exact) mass is 256 g/mol. The summed E-state index contributed by atoms with van der Waals surface area (Å²) in [6.07, 6.45) is 4.34. The summed E-state index contributed by atoms with van der Waals surface area (Å²) in [6.45, 7) is 6.97. The molecule has 0 radical (unpaired) electrons. The molecule has 1 aliphatic carbocycles. The Kier molecular flexibility index (Phi) is 3.97. The molecule has 0 aromatic heterocycles. The zero-order valence-electron chi connectivity index (χ0n) is 11.7. The Balaban J connectivity index is 2.23. The SMILES string of the molecule is CCOC(=O)C12CCCC1(OC(C)CC)OCC2. The molecule has 2 fully saturated rings. The molecule has 0 aromatic carbocycles. The first kappa shape index (κ1) is 13.8. The Morgan fingerprint density at radius 2 is 2.11 bits per heavy atom. The molecule has 3 atom stereocenters. The number of esters is 1. The average molecular weight is 256 g/mol. The first-order valence-corrected chi connectivity index (χ1v) is 7.09. The van der Waals surface area contributed by atoms with E-state index in [-0.39, 0.29) is 12.1 Å². The number of fused-ring (bicyclic) bond motifs is 1. The number of rotatable bonds is 5. The van der Waals surface area contributed by atoms with E-state index in [2.05, 4.69) is 6.92 Å². The summed E-state index contributed by atoms with van der Waals surface area (Å²) < 4.78 is 17.3. The van der Waals surface area contributed by atoms with Crippen LogP contribution in [0.2, 0.25) is 0 Å². The third kappa shape index (κ3) is 1.95. The van der Waals surface area contributed by atoms with Crippen molar-refractivity contribution in [1.29, 1.82) is 0 Å². The maximum atomic E-state index is 12.3. The Labute approximate surface area is 109 Å². The van der Waals surface area contributed by atoms with Crippen molar-refractivity contribution in [2.45, 2.75) is 64.8 Å². The Hall–Kier alpha value is -0.610. The van der Waals surface area contributed by atoms with Crippen molar-refractivity contribution in [2.24, 2.45) is 5.41 Å². The molecule has 4 nitrogen and oxygen atoms in total. The van der Waals surface area contributed by atoms with E-state index >= 15 is 0 Å². The summed E-state index contributed by atoms with van der Waals surface area (Å²) in [5.41, 5.74) is -0.563. The maximum absolute atomic E-state index is 12.3. The van der Waals surface area contributed by atoms with Crippen LogP contribution in [0.3, 0.4) is 0 Å². The van der Waals surface area contributed by atoms with E-state index in [1.165, 1.54) is 0 Å². The molecule has 0 amide bonds. The van der Waals surface area contributed by atoms with Gasteiger partial charge in [0.15, 0.2) is 5.79 Å². The zero-order chi connectivity index (χ0) is 13.2. The molecule has 1 aliphatic heterocycles. The van der Waals surface area contributed by atoms with Gasteiger partial charge in [-0.3, -0.25) is 4.79 Å². The topological polar surface area (TPSA) is 44.8 Å². The van der Waals surface area contributed by atoms with Crippen LogP contribution in [0.25, 0.3) is 0 Å².